The molecule has 3 heterocycles. The Morgan fingerprint density at radius 1 is 1.07 bits per heavy atom. The molecule has 0 spiro atoms. The Morgan fingerprint density at radius 2 is 1.82 bits per heavy atom. The summed E-state index contributed by atoms with van der Waals surface area (Å²) >= 11 is 0. The number of piperidine rings is 1. The van der Waals surface area contributed by atoms with Crippen LogP contribution in [0.4, 0.5) is 0 Å². The average Bonchev–Trinajstić information content (AvgIpc) is 3.26. The molecule has 28 heavy (non-hydrogen) atoms. The Hall–Kier alpha value is -0.610. The summed E-state index contributed by atoms with van der Waals surface area (Å²) in [6.07, 6.45) is 8.39. The van der Waals surface area contributed by atoms with Gasteiger partial charge in [0.1, 0.15) is 6.54 Å². The Balaban J connectivity index is 0.00000280. The van der Waals surface area contributed by atoms with E-state index in [1.54, 1.807) is 0 Å². The van der Waals surface area contributed by atoms with Gasteiger partial charge in [-0.2, -0.15) is 0 Å². The average molecular weight is 508 g/mol. The molecule has 1 N–H and O–H groups in total. The Labute approximate surface area is 186 Å². The van der Waals surface area contributed by atoms with Crippen LogP contribution in [0.25, 0.3) is 0 Å². The number of aliphatic imine (C=N–C) groups is 1. The number of rotatable bonds is 6. The first-order valence-corrected chi connectivity index (χ1v) is 10.8. The monoisotopic (exact) mass is 508 g/mol. The number of hydrogen-bond acceptors (Lipinski definition) is 4. The van der Waals surface area contributed by atoms with E-state index in [1.807, 2.05) is 4.90 Å². The van der Waals surface area contributed by atoms with Gasteiger partial charge in [0.05, 0.1) is 18.8 Å². The molecule has 0 radical (unpaired) electrons. The van der Waals surface area contributed by atoms with Crippen LogP contribution < -0.4 is 5.32 Å². The summed E-state index contributed by atoms with van der Waals surface area (Å²) in [6, 6.07) is 0. The van der Waals surface area contributed by atoms with Gasteiger partial charge < -0.3 is 24.6 Å². The van der Waals surface area contributed by atoms with E-state index in [-0.39, 0.29) is 42.5 Å². The molecule has 1 amide bonds. The summed E-state index contributed by atoms with van der Waals surface area (Å²) in [5.41, 5.74) is 0. The molecule has 0 aliphatic carbocycles. The van der Waals surface area contributed by atoms with E-state index in [4.69, 9.17) is 9.47 Å². The highest BCUT2D eigenvalue weighted by Crippen LogP contribution is 2.18. The lowest BCUT2D eigenvalue weighted by Gasteiger charge is -2.35. The van der Waals surface area contributed by atoms with Crippen molar-refractivity contribution < 1.29 is 14.3 Å². The maximum Gasteiger partial charge on any atom is 0.244 e. The molecule has 0 aromatic heterocycles. The maximum absolute atomic E-state index is 12.3. The molecule has 3 rings (SSSR count). The topological polar surface area (TPSA) is 66.4 Å². The highest BCUT2D eigenvalue weighted by atomic mass is 127. The number of hydrogen-bond donors (Lipinski definition) is 1. The van der Waals surface area contributed by atoms with Crippen molar-refractivity contribution in [3.05, 3.63) is 0 Å². The highest BCUT2D eigenvalue weighted by molar-refractivity contribution is 14.0. The predicted molar refractivity (Wildman–Crippen MR) is 121 cm³/mol. The summed E-state index contributed by atoms with van der Waals surface area (Å²) in [4.78, 5) is 21.1. The Morgan fingerprint density at radius 3 is 2.46 bits per heavy atom. The molecule has 3 aliphatic rings. The fourth-order valence-electron chi connectivity index (χ4n) is 4.05. The Bertz CT molecular complexity index is 486. The summed E-state index contributed by atoms with van der Waals surface area (Å²) in [7, 11) is 0. The van der Waals surface area contributed by atoms with E-state index in [0.717, 1.165) is 84.0 Å². The third-order valence-corrected chi connectivity index (χ3v) is 5.69. The fraction of sp³-hybridized carbons (Fsp3) is 0.900. The lowest BCUT2D eigenvalue weighted by Crippen LogP contribution is -2.47. The second-order valence-corrected chi connectivity index (χ2v) is 7.77. The normalized spacial score (nSPS) is 24.2. The van der Waals surface area contributed by atoms with Gasteiger partial charge in [-0.15, -0.1) is 24.0 Å². The van der Waals surface area contributed by atoms with Gasteiger partial charge in [-0.05, 0) is 51.9 Å². The number of ether oxygens (including phenoxy) is 2. The largest absolute Gasteiger partial charge is 0.376 e. The van der Waals surface area contributed by atoms with Gasteiger partial charge in [-0.25, -0.2) is 4.99 Å². The van der Waals surface area contributed by atoms with Crippen LogP contribution in [0, 0.1) is 0 Å². The maximum atomic E-state index is 12.3. The van der Waals surface area contributed by atoms with Crippen molar-refractivity contribution in [1.82, 2.24) is 15.1 Å². The van der Waals surface area contributed by atoms with E-state index in [2.05, 4.69) is 22.1 Å². The fourth-order valence-corrected chi connectivity index (χ4v) is 4.05. The standard InChI is InChI=1S/C20H36N4O3.HI/c1-2-21-20(22-15-19(25)23-10-4-5-11-23)24-12-8-17(9-13-24)27-16-18-7-3-6-14-26-18;/h17-18H,2-16H2,1H3,(H,21,22);1H. The lowest BCUT2D eigenvalue weighted by molar-refractivity contribution is -0.128. The van der Waals surface area contributed by atoms with Crippen LogP contribution in [0.2, 0.25) is 0 Å². The number of guanidine groups is 1. The number of likely N-dealkylation sites (tertiary alicyclic amines) is 2. The van der Waals surface area contributed by atoms with Crippen molar-refractivity contribution in [2.24, 2.45) is 4.99 Å². The van der Waals surface area contributed by atoms with Gasteiger partial charge in [-0.1, -0.05) is 0 Å². The van der Waals surface area contributed by atoms with E-state index in [9.17, 15) is 4.79 Å². The first-order chi connectivity index (χ1) is 13.3. The van der Waals surface area contributed by atoms with Crippen molar-refractivity contribution >= 4 is 35.8 Å². The van der Waals surface area contributed by atoms with Crippen LogP contribution in [-0.4, -0.2) is 86.4 Å². The molecule has 1 atom stereocenters. The predicted octanol–water partition coefficient (Wildman–Crippen LogP) is 2.24. The molecule has 0 bridgehead atoms. The number of carbonyl (C=O) groups excluding carboxylic acids is 1. The molecule has 0 aromatic carbocycles. The zero-order valence-electron chi connectivity index (χ0n) is 17.2. The van der Waals surface area contributed by atoms with Gasteiger partial charge in [0, 0.05) is 39.3 Å². The molecule has 3 fully saturated rings. The number of nitrogens with zero attached hydrogens (tertiary/aromatic N) is 3. The Kier molecular flexibility index (Phi) is 10.9. The SMILES string of the molecule is CCNC(=NCC(=O)N1CCCC1)N1CCC(OCC2CCCCO2)CC1.I. The number of carbonyl (C=O) groups is 1. The zero-order chi connectivity index (χ0) is 18.9. The van der Waals surface area contributed by atoms with E-state index in [1.165, 1.54) is 12.8 Å². The minimum atomic E-state index is 0. The molecule has 8 heteroatoms. The number of nitrogens with one attached hydrogen (secondary N) is 1. The van der Waals surface area contributed by atoms with E-state index in [0.29, 0.717) is 6.10 Å². The third-order valence-electron chi connectivity index (χ3n) is 5.69. The van der Waals surface area contributed by atoms with Crippen molar-refractivity contribution in [2.75, 3.05) is 52.5 Å². The van der Waals surface area contributed by atoms with Gasteiger partial charge in [0.2, 0.25) is 5.91 Å². The van der Waals surface area contributed by atoms with Gasteiger partial charge in [0.25, 0.3) is 0 Å². The van der Waals surface area contributed by atoms with E-state index >= 15 is 0 Å². The smallest absolute Gasteiger partial charge is 0.244 e. The number of halogens is 1. The molecule has 3 saturated heterocycles. The van der Waals surface area contributed by atoms with Crippen LogP contribution in [0.3, 0.4) is 0 Å². The van der Waals surface area contributed by atoms with Crippen LogP contribution in [-0.2, 0) is 14.3 Å². The van der Waals surface area contributed by atoms with Crippen molar-refractivity contribution in [3.63, 3.8) is 0 Å². The summed E-state index contributed by atoms with van der Waals surface area (Å²) < 4.78 is 11.9. The van der Waals surface area contributed by atoms with Gasteiger partial charge >= 0.3 is 0 Å². The molecular weight excluding hydrogens is 471 g/mol. The molecule has 3 aliphatic heterocycles. The van der Waals surface area contributed by atoms with Crippen molar-refractivity contribution in [3.8, 4) is 0 Å². The zero-order valence-corrected chi connectivity index (χ0v) is 19.6. The minimum Gasteiger partial charge on any atom is -0.376 e. The summed E-state index contributed by atoms with van der Waals surface area (Å²) in [6.45, 7) is 8.34. The minimum absolute atomic E-state index is 0. The highest BCUT2D eigenvalue weighted by Gasteiger charge is 2.24. The second kappa shape index (κ2) is 12.8. The van der Waals surface area contributed by atoms with Gasteiger partial charge in [-0.3, -0.25) is 4.79 Å². The molecule has 1 unspecified atom stereocenters. The first kappa shape index (κ1) is 23.7. The molecule has 7 nitrogen and oxygen atoms in total. The second-order valence-electron chi connectivity index (χ2n) is 7.77. The van der Waals surface area contributed by atoms with E-state index < -0.39 is 0 Å². The molecular formula is C20H37IN4O3. The quantitative estimate of drug-likeness (QED) is 0.339. The summed E-state index contributed by atoms with van der Waals surface area (Å²) in [5, 5.41) is 3.34. The van der Waals surface area contributed by atoms with Crippen LogP contribution in [0.1, 0.15) is 51.9 Å². The number of amides is 1. The third kappa shape index (κ3) is 7.33. The van der Waals surface area contributed by atoms with Crippen LogP contribution in [0.15, 0.2) is 4.99 Å². The molecule has 0 aromatic rings. The van der Waals surface area contributed by atoms with Crippen molar-refractivity contribution in [1.29, 1.82) is 0 Å². The van der Waals surface area contributed by atoms with Crippen LogP contribution >= 0.6 is 24.0 Å². The van der Waals surface area contributed by atoms with Crippen LogP contribution in [0.5, 0.6) is 0 Å². The summed E-state index contributed by atoms with van der Waals surface area (Å²) in [5.74, 6) is 1.01. The van der Waals surface area contributed by atoms with Crippen molar-refractivity contribution in [2.45, 2.75) is 64.1 Å². The molecule has 0 saturated carbocycles. The van der Waals surface area contributed by atoms with Gasteiger partial charge in [0.15, 0.2) is 5.96 Å². The first-order valence-electron chi connectivity index (χ1n) is 10.8. The molecule has 162 valence electrons. The lowest BCUT2D eigenvalue weighted by atomic mass is 10.1.